The average molecular weight is 309 g/mol. The van der Waals surface area contributed by atoms with Gasteiger partial charge >= 0.3 is 6.09 Å². The van der Waals surface area contributed by atoms with E-state index in [9.17, 15) is 4.79 Å². The molecule has 0 aliphatic carbocycles. The molecule has 23 heavy (non-hydrogen) atoms. The molecule has 0 unspecified atom stereocenters. The summed E-state index contributed by atoms with van der Waals surface area (Å²) in [7, 11) is 0. The van der Waals surface area contributed by atoms with Crippen molar-refractivity contribution in [2.45, 2.75) is 19.4 Å². The van der Waals surface area contributed by atoms with Crippen LogP contribution in [0.5, 0.6) is 0 Å². The van der Waals surface area contributed by atoms with Crippen LogP contribution in [0.15, 0.2) is 54.6 Å². The van der Waals surface area contributed by atoms with Gasteiger partial charge in [0, 0.05) is 13.0 Å². The number of carbonyl (C=O) groups is 1. The molecule has 3 aromatic rings. The van der Waals surface area contributed by atoms with Crippen LogP contribution in [0.2, 0.25) is 0 Å². The molecule has 0 atom stereocenters. The van der Waals surface area contributed by atoms with Crippen molar-refractivity contribution in [2.24, 2.45) is 0 Å². The van der Waals surface area contributed by atoms with Gasteiger partial charge in [-0.05, 0) is 24.1 Å². The zero-order chi connectivity index (χ0) is 15.9. The maximum absolute atomic E-state index is 11.6. The molecule has 1 aromatic heterocycles. The Balaban J connectivity index is 1.37. The Morgan fingerprint density at radius 3 is 2.70 bits per heavy atom. The number of aryl methyl sites for hydroxylation is 1. The number of ether oxygens (including phenoxy) is 1. The van der Waals surface area contributed by atoms with Crippen molar-refractivity contribution in [1.82, 2.24) is 15.3 Å². The number of carbonyl (C=O) groups excluding carboxylic acids is 1. The molecule has 0 spiro atoms. The van der Waals surface area contributed by atoms with Crippen LogP contribution in [0.25, 0.3) is 11.0 Å². The lowest BCUT2D eigenvalue weighted by molar-refractivity contribution is 0.139. The topological polar surface area (TPSA) is 67.0 Å². The number of fused-ring (bicyclic) bond motifs is 1. The van der Waals surface area contributed by atoms with Gasteiger partial charge in [0.05, 0.1) is 11.0 Å². The van der Waals surface area contributed by atoms with Gasteiger partial charge in [0.1, 0.15) is 12.4 Å². The summed E-state index contributed by atoms with van der Waals surface area (Å²) < 4.78 is 5.15. The number of aromatic amines is 1. The molecule has 2 N–H and O–H groups in total. The Labute approximate surface area is 134 Å². The van der Waals surface area contributed by atoms with Gasteiger partial charge < -0.3 is 15.0 Å². The van der Waals surface area contributed by atoms with Crippen molar-refractivity contribution in [1.29, 1.82) is 0 Å². The fourth-order valence-electron chi connectivity index (χ4n) is 2.34. The minimum atomic E-state index is -0.390. The molecular weight excluding hydrogens is 290 g/mol. The van der Waals surface area contributed by atoms with Gasteiger partial charge in [-0.2, -0.15) is 0 Å². The lowest BCUT2D eigenvalue weighted by Crippen LogP contribution is -2.25. The van der Waals surface area contributed by atoms with Crippen LogP contribution in [-0.4, -0.2) is 22.6 Å². The van der Waals surface area contributed by atoms with Crippen LogP contribution in [-0.2, 0) is 17.8 Å². The number of amides is 1. The van der Waals surface area contributed by atoms with Crippen molar-refractivity contribution in [2.75, 3.05) is 6.54 Å². The SMILES string of the molecule is O=C(NCCCc1nc2ccccc2[nH]1)OCc1ccccc1. The normalized spacial score (nSPS) is 10.6. The Morgan fingerprint density at radius 1 is 1.09 bits per heavy atom. The fourth-order valence-corrected chi connectivity index (χ4v) is 2.34. The molecule has 118 valence electrons. The largest absolute Gasteiger partial charge is 0.445 e. The summed E-state index contributed by atoms with van der Waals surface area (Å²) >= 11 is 0. The number of aromatic nitrogens is 2. The van der Waals surface area contributed by atoms with Crippen LogP contribution in [0.4, 0.5) is 4.79 Å². The molecule has 0 saturated carbocycles. The number of rotatable bonds is 6. The van der Waals surface area contributed by atoms with E-state index in [4.69, 9.17) is 4.74 Å². The van der Waals surface area contributed by atoms with Gasteiger partial charge in [0.2, 0.25) is 0 Å². The van der Waals surface area contributed by atoms with Gasteiger partial charge in [-0.3, -0.25) is 0 Å². The first-order valence-electron chi connectivity index (χ1n) is 7.69. The van der Waals surface area contributed by atoms with Gasteiger partial charge in [-0.15, -0.1) is 0 Å². The molecule has 2 aromatic carbocycles. The monoisotopic (exact) mass is 309 g/mol. The van der Waals surface area contributed by atoms with Crippen LogP contribution < -0.4 is 5.32 Å². The molecule has 0 radical (unpaired) electrons. The number of alkyl carbamates (subject to hydrolysis) is 1. The summed E-state index contributed by atoms with van der Waals surface area (Å²) in [6.45, 7) is 0.848. The molecule has 0 fully saturated rings. The molecule has 0 aliphatic heterocycles. The minimum absolute atomic E-state index is 0.288. The lowest BCUT2D eigenvalue weighted by Gasteiger charge is -2.06. The molecular formula is C18H19N3O2. The highest BCUT2D eigenvalue weighted by Crippen LogP contribution is 2.11. The summed E-state index contributed by atoms with van der Waals surface area (Å²) in [5.41, 5.74) is 2.99. The number of H-pyrrole nitrogens is 1. The molecule has 3 rings (SSSR count). The molecule has 1 heterocycles. The zero-order valence-corrected chi connectivity index (χ0v) is 12.8. The van der Waals surface area contributed by atoms with E-state index in [2.05, 4.69) is 15.3 Å². The van der Waals surface area contributed by atoms with E-state index in [1.165, 1.54) is 0 Å². The van der Waals surface area contributed by atoms with E-state index < -0.39 is 6.09 Å². The summed E-state index contributed by atoms with van der Waals surface area (Å²) in [6, 6.07) is 17.6. The standard InChI is InChI=1S/C18H19N3O2/c22-18(23-13-14-7-2-1-3-8-14)19-12-6-11-17-20-15-9-4-5-10-16(15)21-17/h1-5,7-10H,6,11-13H2,(H,19,22)(H,20,21). The highest BCUT2D eigenvalue weighted by molar-refractivity contribution is 5.74. The molecule has 5 heteroatoms. The number of para-hydroxylation sites is 2. The van der Waals surface area contributed by atoms with E-state index in [-0.39, 0.29) is 6.61 Å². The first kappa shape index (κ1) is 15.1. The molecule has 0 aliphatic rings. The van der Waals surface area contributed by atoms with E-state index in [1.807, 2.05) is 54.6 Å². The maximum Gasteiger partial charge on any atom is 0.407 e. The summed E-state index contributed by atoms with van der Waals surface area (Å²) in [5.74, 6) is 0.936. The zero-order valence-electron chi connectivity index (χ0n) is 12.8. The first-order chi connectivity index (χ1) is 11.3. The second-order valence-corrected chi connectivity index (χ2v) is 5.29. The van der Waals surface area contributed by atoms with Crippen LogP contribution >= 0.6 is 0 Å². The smallest absolute Gasteiger partial charge is 0.407 e. The van der Waals surface area contributed by atoms with Crippen molar-refractivity contribution in [3.05, 3.63) is 66.0 Å². The van der Waals surface area contributed by atoms with E-state index in [0.717, 1.165) is 35.3 Å². The van der Waals surface area contributed by atoms with Gasteiger partial charge in [-0.25, -0.2) is 9.78 Å². The molecule has 1 amide bonds. The Bertz CT molecular complexity index is 735. The van der Waals surface area contributed by atoms with Gasteiger partial charge in [-0.1, -0.05) is 42.5 Å². The lowest BCUT2D eigenvalue weighted by atomic mass is 10.2. The average Bonchev–Trinajstić information content (AvgIpc) is 3.00. The van der Waals surface area contributed by atoms with Crippen molar-refractivity contribution < 1.29 is 9.53 Å². The second kappa shape index (κ2) is 7.45. The van der Waals surface area contributed by atoms with E-state index in [1.54, 1.807) is 0 Å². The van der Waals surface area contributed by atoms with Gasteiger partial charge in [0.25, 0.3) is 0 Å². The minimum Gasteiger partial charge on any atom is -0.445 e. The summed E-state index contributed by atoms with van der Waals surface area (Å²) in [4.78, 5) is 19.4. The summed E-state index contributed by atoms with van der Waals surface area (Å²) in [6.07, 6.45) is 1.20. The number of benzene rings is 2. The van der Waals surface area contributed by atoms with Crippen LogP contribution in [0.3, 0.4) is 0 Å². The Morgan fingerprint density at radius 2 is 1.87 bits per heavy atom. The van der Waals surface area contributed by atoms with Crippen LogP contribution in [0, 0.1) is 0 Å². The molecule has 0 saturated heterocycles. The number of nitrogens with one attached hydrogen (secondary N) is 2. The quantitative estimate of drug-likeness (QED) is 0.686. The third-order valence-corrected chi connectivity index (χ3v) is 3.51. The Kier molecular flexibility index (Phi) is 4.88. The first-order valence-corrected chi connectivity index (χ1v) is 7.69. The van der Waals surface area contributed by atoms with E-state index in [0.29, 0.717) is 6.54 Å². The second-order valence-electron chi connectivity index (χ2n) is 5.29. The highest BCUT2D eigenvalue weighted by atomic mass is 16.5. The van der Waals surface area contributed by atoms with E-state index >= 15 is 0 Å². The third kappa shape index (κ3) is 4.32. The van der Waals surface area contributed by atoms with Crippen molar-refractivity contribution in [3.63, 3.8) is 0 Å². The van der Waals surface area contributed by atoms with Gasteiger partial charge in [0.15, 0.2) is 0 Å². The highest BCUT2D eigenvalue weighted by Gasteiger charge is 2.04. The predicted molar refractivity (Wildman–Crippen MR) is 89.0 cm³/mol. The Hall–Kier alpha value is -2.82. The number of imidazole rings is 1. The van der Waals surface area contributed by atoms with Crippen LogP contribution in [0.1, 0.15) is 17.8 Å². The summed E-state index contributed by atoms with van der Waals surface area (Å²) in [5, 5.41) is 2.75. The maximum atomic E-state index is 11.6. The molecule has 5 nitrogen and oxygen atoms in total. The van der Waals surface area contributed by atoms with Crippen molar-refractivity contribution in [3.8, 4) is 0 Å². The third-order valence-electron chi connectivity index (χ3n) is 3.51. The number of hydrogen-bond acceptors (Lipinski definition) is 3. The van der Waals surface area contributed by atoms with Crippen molar-refractivity contribution >= 4 is 17.1 Å². The fraction of sp³-hybridized carbons (Fsp3) is 0.222. The number of nitrogens with zero attached hydrogens (tertiary/aromatic N) is 1. The molecule has 0 bridgehead atoms. The predicted octanol–water partition coefficient (Wildman–Crippen LogP) is 3.42. The number of hydrogen-bond donors (Lipinski definition) is 2.